The van der Waals surface area contributed by atoms with Crippen molar-refractivity contribution in [2.45, 2.75) is 6.42 Å². The monoisotopic (exact) mass is 258 g/mol. The number of nitrogens with two attached hydrogens (primary N) is 1. The first-order valence-electron chi connectivity index (χ1n) is 5.60. The Morgan fingerprint density at radius 2 is 2.35 bits per heavy atom. The van der Waals surface area contributed by atoms with E-state index in [1.54, 1.807) is 7.11 Å². The van der Waals surface area contributed by atoms with Gasteiger partial charge in [-0.15, -0.1) is 0 Å². The largest absolute Gasteiger partial charge is 0.397 e. The summed E-state index contributed by atoms with van der Waals surface area (Å²) in [4.78, 5) is 2.08. The predicted octanol–water partition coefficient (Wildman–Crippen LogP) is 2.53. The average molecular weight is 259 g/mol. The van der Waals surface area contributed by atoms with Gasteiger partial charge >= 0.3 is 0 Å². The van der Waals surface area contributed by atoms with E-state index in [0.717, 1.165) is 31.8 Å². The van der Waals surface area contributed by atoms with Gasteiger partial charge in [0.1, 0.15) is 5.82 Å². The number of halogens is 2. The Morgan fingerprint density at radius 1 is 1.59 bits per heavy atom. The number of hydrogen-bond acceptors (Lipinski definition) is 3. The van der Waals surface area contributed by atoms with E-state index in [2.05, 4.69) is 4.90 Å². The molecule has 2 N–H and O–H groups in total. The third kappa shape index (κ3) is 2.64. The highest BCUT2D eigenvalue weighted by molar-refractivity contribution is 6.31. The van der Waals surface area contributed by atoms with E-state index in [1.165, 1.54) is 12.1 Å². The summed E-state index contributed by atoms with van der Waals surface area (Å²) in [6.07, 6.45) is 1.04. The number of benzene rings is 1. The van der Waals surface area contributed by atoms with Crippen molar-refractivity contribution in [3.8, 4) is 0 Å². The summed E-state index contributed by atoms with van der Waals surface area (Å²) in [6, 6.07) is 2.88. The Hall–Kier alpha value is -1.00. The van der Waals surface area contributed by atoms with Crippen LogP contribution in [-0.4, -0.2) is 26.8 Å². The first-order valence-corrected chi connectivity index (χ1v) is 5.98. The van der Waals surface area contributed by atoms with Crippen molar-refractivity contribution in [2.24, 2.45) is 5.92 Å². The van der Waals surface area contributed by atoms with E-state index in [4.69, 9.17) is 22.1 Å². The van der Waals surface area contributed by atoms with E-state index >= 15 is 0 Å². The summed E-state index contributed by atoms with van der Waals surface area (Å²) in [7, 11) is 1.69. The quantitative estimate of drug-likeness (QED) is 0.847. The molecule has 1 saturated heterocycles. The summed E-state index contributed by atoms with van der Waals surface area (Å²) in [5.41, 5.74) is 7.12. The van der Waals surface area contributed by atoms with Crippen molar-refractivity contribution < 1.29 is 9.13 Å². The summed E-state index contributed by atoms with van der Waals surface area (Å²) < 4.78 is 18.5. The molecule has 1 aromatic carbocycles. The van der Waals surface area contributed by atoms with Gasteiger partial charge in [0.05, 0.1) is 23.0 Å². The lowest BCUT2D eigenvalue weighted by Gasteiger charge is -2.21. The van der Waals surface area contributed by atoms with E-state index < -0.39 is 5.82 Å². The van der Waals surface area contributed by atoms with Gasteiger partial charge in [-0.1, -0.05) is 11.6 Å². The highest BCUT2D eigenvalue weighted by atomic mass is 35.5. The molecule has 0 spiro atoms. The predicted molar refractivity (Wildman–Crippen MR) is 68.0 cm³/mol. The number of nitrogens with zero attached hydrogens (tertiary/aromatic N) is 1. The maximum atomic E-state index is 13.4. The molecule has 1 heterocycles. The maximum Gasteiger partial charge on any atom is 0.144 e. The molecule has 3 nitrogen and oxygen atoms in total. The molecule has 0 amide bonds. The molecular weight excluding hydrogens is 243 g/mol. The Bertz CT molecular complexity index is 414. The van der Waals surface area contributed by atoms with Gasteiger partial charge in [0.15, 0.2) is 0 Å². The van der Waals surface area contributed by atoms with Crippen molar-refractivity contribution in [2.75, 3.05) is 37.4 Å². The van der Waals surface area contributed by atoms with Crippen LogP contribution in [0.4, 0.5) is 15.8 Å². The lowest BCUT2D eigenvalue weighted by molar-refractivity contribution is 0.161. The average Bonchev–Trinajstić information content (AvgIpc) is 2.72. The van der Waals surface area contributed by atoms with Crippen LogP contribution in [-0.2, 0) is 4.74 Å². The van der Waals surface area contributed by atoms with Crippen LogP contribution in [0, 0.1) is 11.7 Å². The third-order valence-corrected chi connectivity index (χ3v) is 3.39. The van der Waals surface area contributed by atoms with Gasteiger partial charge < -0.3 is 15.4 Å². The molecule has 5 heteroatoms. The van der Waals surface area contributed by atoms with Gasteiger partial charge in [-0.05, 0) is 12.5 Å². The number of hydrogen-bond donors (Lipinski definition) is 1. The van der Waals surface area contributed by atoms with Crippen LogP contribution < -0.4 is 10.6 Å². The second-order valence-electron chi connectivity index (χ2n) is 4.38. The molecule has 0 aliphatic carbocycles. The van der Waals surface area contributed by atoms with E-state index in [0.29, 0.717) is 11.6 Å². The number of ether oxygens (including phenoxy) is 1. The minimum atomic E-state index is -0.425. The molecule has 1 aliphatic heterocycles. The Labute approximate surface area is 105 Å². The van der Waals surface area contributed by atoms with Crippen LogP contribution in [0.25, 0.3) is 0 Å². The number of methoxy groups -OCH3 is 1. The Kier molecular flexibility index (Phi) is 3.74. The SMILES string of the molecule is COCC1CCN(c2cc(F)c(Cl)cc2N)C1. The van der Waals surface area contributed by atoms with Crippen LogP contribution in [0.3, 0.4) is 0 Å². The normalized spacial score (nSPS) is 19.9. The zero-order valence-corrected chi connectivity index (χ0v) is 10.5. The third-order valence-electron chi connectivity index (χ3n) is 3.10. The first kappa shape index (κ1) is 12.5. The standard InChI is InChI=1S/C12H16ClFN2O/c1-17-7-8-2-3-16(6-8)12-5-10(14)9(13)4-11(12)15/h4-5,8H,2-3,6-7,15H2,1H3. The van der Waals surface area contributed by atoms with Crippen molar-refractivity contribution in [3.63, 3.8) is 0 Å². The maximum absolute atomic E-state index is 13.4. The van der Waals surface area contributed by atoms with Gasteiger partial charge in [0.2, 0.25) is 0 Å². The summed E-state index contributed by atoms with van der Waals surface area (Å²) in [5, 5.41) is 0.0684. The topological polar surface area (TPSA) is 38.5 Å². The van der Waals surface area contributed by atoms with Crippen LogP contribution in [0.2, 0.25) is 5.02 Å². The molecule has 94 valence electrons. The van der Waals surface area contributed by atoms with Crippen molar-refractivity contribution in [3.05, 3.63) is 23.0 Å². The molecule has 1 aromatic rings. The van der Waals surface area contributed by atoms with Crippen molar-refractivity contribution >= 4 is 23.0 Å². The fourth-order valence-corrected chi connectivity index (χ4v) is 2.42. The lowest BCUT2D eigenvalue weighted by atomic mass is 10.1. The smallest absolute Gasteiger partial charge is 0.144 e. The van der Waals surface area contributed by atoms with Crippen molar-refractivity contribution in [1.29, 1.82) is 0 Å². The second-order valence-corrected chi connectivity index (χ2v) is 4.79. The Morgan fingerprint density at radius 3 is 3.06 bits per heavy atom. The fraction of sp³-hybridized carbons (Fsp3) is 0.500. The molecule has 1 aliphatic rings. The Balaban J connectivity index is 2.16. The zero-order valence-electron chi connectivity index (χ0n) is 9.75. The molecule has 1 unspecified atom stereocenters. The minimum absolute atomic E-state index is 0.0684. The molecule has 0 radical (unpaired) electrons. The van der Waals surface area contributed by atoms with Gasteiger partial charge in [-0.25, -0.2) is 4.39 Å². The summed E-state index contributed by atoms with van der Waals surface area (Å²) in [5.74, 6) is 0.0594. The van der Waals surface area contributed by atoms with E-state index in [1.807, 2.05) is 0 Å². The zero-order chi connectivity index (χ0) is 12.4. The van der Waals surface area contributed by atoms with E-state index in [-0.39, 0.29) is 5.02 Å². The highest BCUT2D eigenvalue weighted by Gasteiger charge is 2.24. The molecule has 2 rings (SSSR count). The molecule has 1 atom stereocenters. The van der Waals surface area contributed by atoms with Crippen LogP contribution >= 0.6 is 11.6 Å². The number of anilines is 2. The van der Waals surface area contributed by atoms with Crippen LogP contribution in [0.5, 0.6) is 0 Å². The van der Waals surface area contributed by atoms with Crippen LogP contribution in [0.15, 0.2) is 12.1 Å². The molecule has 17 heavy (non-hydrogen) atoms. The molecule has 0 aromatic heterocycles. The summed E-state index contributed by atoms with van der Waals surface area (Å²) >= 11 is 5.68. The van der Waals surface area contributed by atoms with Gasteiger partial charge in [-0.2, -0.15) is 0 Å². The number of rotatable bonds is 3. The van der Waals surface area contributed by atoms with E-state index in [9.17, 15) is 4.39 Å². The molecule has 0 saturated carbocycles. The van der Waals surface area contributed by atoms with Crippen molar-refractivity contribution in [1.82, 2.24) is 0 Å². The fourth-order valence-electron chi connectivity index (χ4n) is 2.25. The van der Waals surface area contributed by atoms with Crippen LogP contribution in [0.1, 0.15) is 6.42 Å². The first-order chi connectivity index (χ1) is 8.11. The molecule has 1 fully saturated rings. The lowest BCUT2D eigenvalue weighted by Crippen LogP contribution is -2.22. The highest BCUT2D eigenvalue weighted by Crippen LogP contribution is 2.32. The second kappa shape index (κ2) is 5.10. The van der Waals surface area contributed by atoms with Gasteiger partial charge in [0, 0.05) is 32.2 Å². The minimum Gasteiger partial charge on any atom is -0.397 e. The van der Waals surface area contributed by atoms with Gasteiger partial charge in [-0.3, -0.25) is 0 Å². The van der Waals surface area contributed by atoms with Gasteiger partial charge in [0.25, 0.3) is 0 Å². The molecular formula is C12H16ClFN2O. The molecule has 0 bridgehead atoms. The number of nitrogen functional groups attached to an aromatic ring is 1. The summed E-state index contributed by atoms with van der Waals surface area (Å²) in [6.45, 7) is 2.45.